The standard InChI is InChI=1S/C12H23NO3S/c1-3-17(15,16)10-4-5-11(14)12(2)6-8-13-9-7-12/h13H,3-10H2,1-2H3. The van der Waals surface area contributed by atoms with Crippen LogP contribution < -0.4 is 5.32 Å². The maximum atomic E-state index is 12.1. The fraction of sp³-hybridized carbons (Fsp3) is 0.917. The second-order valence-electron chi connectivity index (χ2n) is 5.07. The molecular weight excluding hydrogens is 238 g/mol. The van der Waals surface area contributed by atoms with Crippen molar-refractivity contribution in [3.8, 4) is 0 Å². The molecule has 1 aliphatic heterocycles. The van der Waals surface area contributed by atoms with E-state index in [1.807, 2.05) is 6.92 Å². The monoisotopic (exact) mass is 261 g/mol. The van der Waals surface area contributed by atoms with Gasteiger partial charge in [0, 0.05) is 17.6 Å². The Bertz CT molecular complexity index is 356. The third kappa shape index (κ3) is 4.39. The summed E-state index contributed by atoms with van der Waals surface area (Å²) in [5.41, 5.74) is -0.235. The average Bonchev–Trinajstić information content (AvgIpc) is 2.29. The lowest BCUT2D eigenvalue weighted by Gasteiger charge is -2.32. The molecule has 0 radical (unpaired) electrons. The molecule has 0 aliphatic carbocycles. The van der Waals surface area contributed by atoms with Crippen LogP contribution in [0.3, 0.4) is 0 Å². The molecule has 1 aliphatic rings. The van der Waals surface area contributed by atoms with Gasteiger partial charge in [-0.1, -0.05) is 13.8 Å². The molecule has 0 atom stereocenters. The number of hydrogen-bond donors (Lipinski definition) is 1. The largest absolute Gasteiger partial charge is 0.317 e. The first-order chi connectivity index (χ1) is 7.90. The van der Waals surface area contributed by atoms with Gasteiger partial charge in [0.15, 0.2) is 0 Å². The van der Waals surface area contributed by atoms with Gasteiger partial charge >= 0.3 is 0 Å². The van der Waals surface area contributed by atoms with Crippen LogP contribution in [0.1, 0.15) is 39.5 Å². The molecule has 0 amide bonds. The molecule has 4 nitrogen and oxygen atoms in total. The van der Waals surface area contributed by atoms with Crippen molar-refractivity contribution in [3.63, 3.8) is 0 Å². The Balaban J connectivity index is 2.39. The predicted molar refractivity (Wildman–Crippen MR) is 68.8 cm³/mol. The molecule has 1 rings (SSSR count). The highest BCUT2D eigenvalue weighted by atomic mass is 32.2. The maximum absolute atomic E-state index is 12.1. The van der Waals surface area contributed by atoms with Crippen molar-refractivity contribution >= 4 is 15.6 Å². The van der Waals surface area contributed by atoms with Crippen molar-refractivity contribution in [1.29, 1.82) is 0 Å². The molecular formula is C12H23NO3S. The van der Waals surface area contributed by atoms with Crippen molar-refractivity contribution in [1.82, 2.24) is 5.32 Å². The van der Waals surface area contributed by atoms with Gasteiger partial charge in [-0.25, -0.2) is 8.42 Å². The normalized spacial score (nSPS) is 20.1. The van der Waals surface area contributed by atoms with Gasteiger partial charge in [-0.05, 0) is 32.4 Å². The van der Waals surface area contributed by atoms with Crippen LogP contribution in [0.4, 0.5) is 0 Å². The Morgan fingerprint density at radius 2 is 1.88 bits per heavy atom. The third-order valence-corrected chi connectivity index (χ3v) is 5.47. The third-order valence-electron chi connectivity index (χ3n) is 3.68. The lowest BCUT2D eigenvalue weighted by Crippen LogP contribution is -2.40. The quantitative estimate of drug-likeness (QED) is 0.779. The summed E-state index contributed by atoms with van der Waals surface area (Å²) in [5.74, 6) is 0.539. The molecule has 1 N–H and O–H groups in total. The first-order valence-electron chi connectivity index (χ1n) is 6.34. The van der Waals surface area contributed by atoms with E-state index in [2.05, 4.69) is 5.32 Å². The van der Waals surface area contributed by atoms with Gasteiger partial charge in [0.05, 0.1) is 5.75 Å². The maximum Gasteiger partial charge on any atom is 0.150 e. The van der Waals surface area contributed by atoms with Crippen LogP contribution in [0.2, 0.25) is 0 Å². The molecule has 1 saturated heterocycles. The van der Waals surface area contributed by atoms with E-state index in [0.29, 0.717) is 12.8 Å². The highest BCUT2D eigenvalue weighted by molar-refractivity contribution is 7.91. The number of sulfone groups is 1. The minimum Gasteiger partial charge on any atom is -0.317 e. The van der Waals surface area contributed by atoms with Crippen LogP contribution in [-0.2, 0) is 14.6 Å². The average molecular weight is 261 g/mol. The molecule has 0 unspecified atom stereocenters. The summed E-state index contributed by atoms with van der Waals surface area (Å²) >= 11 is 0. The Morgan fingerprint density at radius 1 is 1.29 bits per heavy atom. The van der Waals surface area contributed by atoms with Crippen LogP contribution in [0.5, 0.6) is 0 Å². The Morgan fingerprint density at radius 3 is 2.41 bits per heavy atom. The Labute approximate surface area is 104 Å². The first-order valence-corrected chi connectivity index (χ1v) is 8.16. The van der Waals surface area contributed by atoms with E-state index in [4.69, 9.17) is 0 Å². The number of hydrogen-bond acceptors (Lipinski definition) is 4. The summed E-state index contributed by atoms with van der Waals surface area (Å²) in [6.45, 7) is 5.42. The Kier molecular flexibility index (Phi) is 5.13. The van der Waals surface area contributed by atoms with E-state index in [1.54, 1.807) is 6.92 Å². The number of Topliss-reactive ketones (excluding diaryl/α,β-unsaturated/α-hetero) is 1. The zero-order valence-corrected chi connectivity index (χ0v) is 11.6. The van der Waals surface area contributed by atoms with Crippen LogP contribution >= 0.6 is 0 Å². The summed E-state index contributed by atoms with van der Waals surface area (Å²) < 4.78 is 22.6. The topological polar surface area (TPSA) is 63.2 Å². The summed E-state index contributed by atoms with van der Waals surface area (Å²) in [4.78, 5) is 12.1. The Hall–Kier alpha value is -0.420. The van der Waals surface area contributed by atoms with E-state index in [9.17, 15) is 13.2 Å². The van der Waals surface area contributed by atoms with Crippen molar-refractivity contribution in [2.24, 2.45) is 5.41 Å². The molecule has 1 heterocycles. The van der Waals surface area contributed by atoms with E-state index in [0.717, 1.165) is 25.9 Å². The van der Waals surface area contributed by atoms with E-state index in [1.165, 1.54) is 0 Å². The van der Waals surface area contributed by atoms with Gasteiger partial charge in [0.2, 0.25) is 0 Å². The molecule has 5 heteroatoms. The zero-order chi connectivity index (χ0) is 12.9. The van der Waals surface area contributed by atoms with Crippen LogP contribution in [0, 0.1) is 5.41 Å². The van der Waals surface area contributed by atoms with Crippen molar-refractivity contribution < 1.29 is 13.2 Å². The second-order valence-corrected chi connectivity index (χ2v) is 7.55. The predicted octanol–water partition coefficient (Wildman–Crippen LogP) is 1.16. The van der Waals surface area contributed by atoms with Crippen molar-refractivity contribution in [2.45, 2.75) is 39.5 Å². The first kappa shape index (κ1) is 14.6. The number of rotatable bonds is 6. The van der Waals surface area contributed by atoms with Crippen molar-refractivity contribution in [3.05, 3.63) is 0 Å². The summed E-state index contributed by atoms with van der Waals surface area (Å²) in [6.07, 6.45) is 2.60. The second kappa shape index (κ2) is 5.96. The van der Waals surface area contributed by atoms with Crippen LogP contribution in [-0.4, -0.2) is 38.8 Å². The lowest BCUT2D eigenvalue weighted by atomic mass is 9.76. The number of carbonyl (C=O) groups excluding carboxylic acids is 1. The number of nitrogens with one attached hydrogen (secondary N) is 1. The lowest BCUT2D eigenvalue weighted by molar-refractivity contribution is -0.129. The van der Waals surface area contributed by atoms with Gasteiger partial charge in [-0.2, -0.15) is 0 Å². The molecule has 17 heavy (non-hydrogen) atoms. The molecule has 0 saturated carbocycles. The summed E-state index contributed by atoms with van der Waals surface area (Å²) in [7, 11) is -2.93. The molecule has 0 bridgehead atoms. The summed E-state index contributed by atoms with van der Waals surface area (Å²) in [6, 6.07) is 0. The van der Waals surface area contributed by atoms with Crippen LogP contribution in [0.15, 0.2) is 0 Å². The van der Waals surface area contributed by atoms with E-state index < -0.39 is 9.84 Å². The molecule has 1 fully saturated rings. The van der Waals surface area contributed by atoms with Gasteiger partial charge in [-0.3, -0.25) is 4.79 Å². The van der Waals surface area contributed by atoms with Gasteiger partial charge in [0.1, 0.15) is 15.6 Å². The molecule has 0 aromatic carbocycles. The van der Waals surface area contributed by atoms with E-state index >= 15 is 0 Å². The fourth-order valence-corrected chi connectivity index (χ4v) is 3.03. The molecule has 0 aromatic heterocycles. The van der Waals surface area contributed by atoms with E-state index in [-0.39, 0.29) is 22.7 Å². The number of carbonyl (C=O) groups is 1. The minimum atomic E-state index is -2.93. The molecule has 100 valence electrons. The molecule has 0 aromatic rings. The number of piperidine rings is 1. The fourth-order valence-electron chi connectivity index (χ4n) is 2.16. The smallest absolute Gasteiger partial charge is 0.150 e. The van der Waals surface area contributed by atoms with Gasteiger partial charge in [-0.15, -0.1) is 0 Å². The highest BCUT2D eigenvalue weighted by Crippen LogP contribution is 2.30. The molecule has 0 spiro atoms. The highest BCUT2D eigenvalue weighted by Gasteiger charge is 2.33. The van der Waals surface area contributed by atoms with Gasteiger partial charge < -0.3 is 5.32 Å². The van der Waals surface area contributed by atoms with Crippen LogP contribution in [0.25, 0.3) is 0 Å². The zero-order valence-electron chi connectivity index (χ0n) is 10.8. The number of ketones is 1. The SMILES string of the molecule is CCS(=O)(=O)CCCC(=O)C1(C)CCNCC1. The van der Waals surface area contributed by atoms with Crippen molar-refractivity contribution in [2.75, 3.05) is 24.6 Å². The summed E-state index contributed by atoms with van der Waals surface area (Å²) in [5, 5.41) is 3.24. The van der Waals surface area contributed by atoms with Gasteiger partial charge in [0.25, 0.3) is 0 Å². The minimum absolute atomic E-state index is 0.142.